The summed E-state index contributed by atoms with van der Waals surface area (Å²) in [6.45, 7) is 0.855. The molecule has 27 heavy (non-hydrogen) atoms. The third-order valence-electron chi connectivity index (χ3n) is 4.04. The summed E-state index contributed by atoms with van der Waals surface area (Å²) in [5, 5.41) is 0. The molecule has 8 heteroatoms. The van der Waals surface area contributed by atoms with E-state index in [-0.39, 0.29) is 12.5 Å². The molecule has 0 spiro atoms. The van der Waals surface area contributed by atoms with Crippen LogP contribution in [0.25, 0.3) is 0 Å². The lowest BCUT2D eigenvalue weighted by atomic mass is 10.1. The molecule has 0 saturated heterocycles. The van der Waals surface area contributed by atoms with Gasteiger partial charge in [0.2, 0.25) is 16.8 Å². The molecular weight excluding hydrogens is 370 g/mol. The monoisotopic (exact) mass is 393 g/mol. The van der Waals surface area contributed by atoms with Crippen molar-refractivity contribution in [3.63, 3.8) is 0 Å². The third-order valence-corrected chi connectivity index (χ3v) is 5.51. The van der Waals surface area contributed by atoms with Crippen molar-refractivity contribution >= 4 is 10.0 Å². The second-order valence-corrected chi connectivity index (χ2v) is 7.96. The molecule has 0 fully saturated rings. The number of rotatable bonds is 10. The molecule has 0 unspecified atom stereocenters. The molecule has 2 aromatic rings. The van der Waals surface area contributed by atoms with Gasteiger partial charge in [-0.2, -0.15) is 0 Å². The molecule has 7 nitrogen and oxygen atoms in total. The first-order chi connectivity index (χ1) is 13.1. The van der Waals surface area contributed by atoms with Gasteiger partial charge < -0.3 is 18.9 Å². The van der Waals surface area contributed by atoms with Gasteiger partial charge in [0.1, 0.15) is 11.5 Å². The smallest absolute Gasteiger partial charge is 0.231 e. The van der Waals surface area contributed by atoms with E-state index in [0.29, 0.717) is 43.2 Å². The van der Waals surface area contributed by atoms with Crippen LogP contribution >= 0.6 is 0 Å². The van der Waals surface area contributed by atoms with Gasteiger partial charge in [-0.25, -0.2) is 13.1 Å². The summed E-state index contributed by atoms with van der Waals surface area (Å²) < 4.78 is 48.0. The molecule has 1 aliphatic heterocycles. The minimum absolute atomic E-state index is 0.00959. The second-order valence-electron chi connectivity index (χ2n) is 6.03. The Hall–Kier alpha value is -2.45. The molecule has 0 bridgehead atoms. The van der Waals surface area contributed by atoms with Crippen LogP contribution in [0.2, 0.25) is 0 Å². The molecule has 1 heterocycles. The van der Waals surface area contributed by atoms with E-state index in [1.54, 1.807) is 25.3 Å². The molecule has 1 N–H and O–H groups in total. The molecule has 0 aromatic heterocycles. The van der Waals surface area contributed by atoms with Crippen molar-refractivity contribution in [1.29, 1.82) is 0 Å². The zero-order valence-electron chi connectivity index (χ0n) is 15.1. The van der Waals surface area contributed by atoms with Gasteiger partial charge in [-0.05, 0) is 42.7 Å². The van der Waals surface area contributed by atoms with Crippen LogP contribution in [-0.2, 0) is 16.4 Å². The Morgan fingerprint density at radius 3 is 2.78 bits per heavy atom. The number of hydrogen-bond acceptors (Lipinski definition) is 6. The number of ether oxygens (including phenoxy) is 4. The Labute approximate surface area is 159 Å². The Morgan fingerprint density at radius 1 is 1.07 bits per heavy atom. The number of nitrogens with one attached hydrogen (secondary N) is 1. The highest BCUT2D eigenvalue weighted by atomic mass is 32.2. The van der Waals surface area contributed by atoms with Gasteiger partial charge in [-0.15, -0.1) is 0 Å². The zero-order valence-corrected chi connectivity index (χ0v) is 16.0. The van der Waals surface area contributed by atoms with Crippen molar-refractivity contribution in [1.82, 2.24) is 4.72 Å². The van der Waals surface area contributed by atoms with Crippen molar-refractivity contribution in [2.45, 2.75) is 12.8 Å². The average Bonchev–Trinajstić information content (AvgIpc) is 3.13. The predicted octanol–water partition coefficient (Wildman–Crippen LogP) is 2.35. The van der Waals surface area contributed by atoms with Crippen LogP contribution in [0.15, 0.2) is 42.5 Å². The van der Waals surface area contributed by atoms with Crippen molar-refractivity contribution in [3.05, 3.63) is 48.0 Å². The van der Waals surface area contributed by atoms with Crippen LogP contribution < -0.4 is 23.7 Å². The topological polar surface area (TPSA) is 83.1 Å². The Balaban J connectivity index is 1.37. The van der Waals surface area contributed by atoms with E-state index in [0.717, 1.165) is 11.3 Å². The molecule has 2 aromatic carbocycles. The lowest BCUT2D eigenvalue weighted by molar-refractivity contribution is 0.173. The summed E-state index contributed by atoms with van der Waals surface area (Å²) in [7, 11) is -1.73. The van der Waals surface area contributed by atoms with Crippen LogP contribution in [0.1, 0.15) is 12.0 Å². The van der Waals surface area contributed by atoms with Crippen molar-refractivity contribution < 1.29 is 27.4 Å². The van der Waals surface area contributed by atoms with Gasteiger partial charge in [-0.1, -0.05) is 12.1 Å². The van der Waals surface area contributed by atoms with E-state index >= 15 is 0 Å². The minimum atomic E-state index is -3.34. The highest BCUT2D eigenvalue weighted by molar-refractivity contribution is 7.89. The number of fused-ring (bicyclic) bond motifs is 1. The summed E-state index contributed by atoms with van der Waals surface area (Å²) in [6.07, 6.45) is 0.993. The quantitative estimate of drug-likeness (QED) is 0.624. The summed E-state index contributed by atoms with van der Waals surface area (Å²) in [6, 6.07) is 12.9. The Bertz CT molecular complexity index is 868. The molecule has 1 aliphatic rings. The molecule has 0 radical (unpaired) electrons. The standard InChI is InChI=1S/C19H23NO6S/c1-23-16-5-2-4-15(12-16)8-9-20-27(21,22)11-3-10-24-17-6-7-18-19(13-17)26-14-25-18/h2,4-7,12-13,20H,3,8-11,14H2,1H3. The van der Waals surface area contributed by atoms with Crippen LogP contribution in [0, 0.1) is 0 Å². The predicted molar refractivity (Wildman–Crippen MR) is 101 cm³/mol. The van der Waals surface area contributed by atoms with Crippen molar-refractivity contribution in [2.75, 3.05) is 32.8 Å². The molecule has 0 atom stereocenters. The summed E-state index contributed by atoms with van der Waals surface area (Å²) >= 11 is 0. The molecule has 0 saturated carbocycles. The number of benzene rings is 2. The number of sulfonamides is 1. The van der Waals surface area contributed by atoms with Gasteiger partial charge in [-0.3, -0.25) is 0 Å². The van der Waals surface area contributed by atoms with E-state index < -0.39 is 10.0 Å². The first kappa shape index (κ1) is 19.3. The fourth-order valence-corrected chi connectivity index (χ4v) is 3.71. The van der Waals surface area contributed by atoms with Crippen LogP contribution in [0.4, 0.5) is 0 Å². The first-order valence-corrected chi connectivity index (χ1v) is 10.3. The van der Waals surface area contributed by atoms with Crippen molar-refractivity contribution in [3.8, 4) is 23.0 Å². The van der Waals surface area contributed by atoms with E-state index in [1.807, 2.05) is 24.3 Å². The molecule has 0 amide bonds. The second kappa shape index (κ2) is 8.96. The maximum Gasteiger partial charge on any atom is 0.231 e. The van der Waals surface area contributed by atoms with Gasteiger partial charge in [0.05, 0.1) is 19.5 Å². The van der Waals surface area contributed by atoms with Crippen molar-refractivity contribution in [2.24, 2.45) is 0 Å². The fraction of sp³-hybridized carbons (Fsp3) is 0.368. The third kappa shape index (κ3) is 5.77. The zero-order chi connectivity index (χ0) is 19.1. The maximum absolute atomic E-state index is 12.1. The lowest BCUT2D eigenvalue weighted by Crippen LogP contribution is -2.29. The maximum atomic E-state index is 12.1. The first-order valence-electron chi connectivity index (χ1n) is 8.68. The SMILES string of the molecule is COc1cccc(CCNS(=O)(=O)CCCOc2ccc3c(c2)OCO3)c1. The highest BCUT2D eigenvalue weighted by Crippen LogP contribution is 2.35. The van der Waals surface area contributed by atoms with E-state index in [2.05, 4.69) is 4.72 Å². The molecule has 3 rings (SSSR count). The van der Waals surface area contributed by atoms with Gasteiger partial charge >= 0.3 is 0 Å². The Kier molecular flexibility index (Phi) is 6.41. The lowest BCUT2D eigenvalue weighted by Gasteiger charge is -2.09. The van der Waals surface area contributed by atoms with Crippen LogP contribution in [0.5, 0.6) is 23.0 Å². The summed E-state index contributed by atoms with van der Waals surface area (Å²) in [5.41, 5.74) is 1.02. The van der Waals surface area contributed by atoms with E-state index in [9.17, 15) is 8.42 Å². The summed E-state index contributed by atoms with van der Waals surface area (Å²) in [4.78, 5) is 0. The van der Waals surface area contributed by atoms with E-state index in [4.69, 9.17) is 18.9 Å². The molecular formula is C19H23NO6S. The Morgan fingerprint density at radius 2 is 1.93 bits per heavy atom. The largest absolute Gasteiger partial charge is 0.497 e. The van der Waals surface area contributed by atoms with E-state index in [1.165, 1.54) is 0 Å². The van der Waals surface area contributed by atoms with Crippen LogP contribution in [0.3, 0.4) is 0 Å². The number of hydrogen-bond donors (Lipinski definition) is 1. The minimum Gasteiger partial charge on any atom is -0.497 e. The normalized spacial score (nSPS) is 12.8. The van der Waals surface area contributed by atoms with Gasteiger partial charge in [0.25, 0.3) is 0 Å². The number of methoxy groups -OCH3 is 1. The summed E-state index contributed by atoms with van der Waals surface area (Å²) in [5.74, 6) is 2.72. The molecule has 0 aliphatic carbocycles. The molecule has 146 valence electrons. The highest BCUT2D eigenvalue weighted by Gasteiger charge is 2.14. The fourth-order valence-electron chi connectivity index (χ4n) is 2.66. The van der Waals surface area contributed by atoms with Gasteiger partial charge in [0, 0.05) is 12.6 Å². The van der Waals surface area contributed by atoms with Gasteiger partial charge in [0.15, 0.2) is 11.5 Å². The average molecular weight is 393 g/mol. The van der Waals surface area contributed by atoms with Crippen LogP contribution in [-0.4, -0.2) is 41.2 Å².